The Morgan fingerprint density at radius 3 is 2.75 bits per heavy atom. The summed E-state index contributed by atoms with van der Waals surface area (Å²) in [5.74, 6) is 1.45. The zero-order valence-electron chi connectivity index (χ0n) is 11.4. The Hall–Kier alpha value is -1.88. The number of methoxy groups -OCH3 is 1. The third kappa shape index (κ3) is 3.36. The van der Waals surface area contributed by atoms with E-state index in [-0.39, 0.29) is 0 Å². The molecule has 2 aromatic rings. The van der Waals surface area contributed by atoms with Crippen molar-refractivity contribution in [3.8, 4) is 11.5 Å². The molecule has 0 bridgehead atoms. The van der Waals surface area contributed by atoms with E-state index in [0.717, 1.165) is 21.6 Å². The summed E-state index contributed by atoms with van der Waals surface area (Å²) in [5.41, 5.74) is 8.37. The van der Waals surface area contributed by atoms with Gasteiger partial charge in [0, 0.05) is 16.2 Å². The van der Waals surface area contributed by atoms with Gasteiger partial charge in [0.2, 0.25) is 0 Å². The smallest absolute Gasteiger partial charge is 0.144 e. The first-order chi connectivity index (χ1) is 9.63. The fraction of sp³-hybridized carbons (Fsp3) is 0.200. The van der Waals surface area contributed by atoms with Crippen LogP contribution in [0.15, 0.2) is 40.9 Å². The van der Waals surface area contributed by atoms with Crippen molar-refractivity contribution in [3.05, 3.63) is 40.9 Å². The number of rotatable bonds is 5. The van der Waals surface area contributed by atoms with Crippen molar-refractivity contribution in [1.29, 1.82) is 0 Å². The van der Waals surface area contributed by atoms with E-state index < -0.39 is 0 Å². The zero-order chi connectivity index (χ0) is 14.5. The van der Waals surface area contributed by atoms with Gasteiger partial charge in [-0.15, -0.1) is 0 Å². The number of halogens is 1. The van der Waals surface area contributed by atoms with E-state index in [1.165, 1.54) is 0 Å². The summed E-state index contributed by atoms with van der Waals surface area (Å²) in [6.45, 7) is 2.51. The van der Waals surface area contributed by atoms with Gasteiger partial charge in [-0.2, -0.15) is 0 Å². The minimum absolute atomic E-state index is 0.582. The van der Waals surface area contributed by atoms with E-state index in [2.05, 4.69) is 21.2 Å². The lowest BCUT2D eigenvalue weighted by atomic mass is 10.2. The molecule has 2 rings (SSSR count). The molecule has 0 aliphatic heterocycles. The Labute approximate surface area is 127 Å². The molecule has 0 atom stereocenters. The van der Waals surface area contributed by atoms with Crippen molar-refractivity contribution in [3.63, 3.8) is 0 Å². The highest BCUT2D eigenvalue weighted by Gasteiger charge is 2.07. The second-order valence-electron chi connectivity index (χ2n) is 4.16. The Balaban J connectivity index is 2.30. The number of nitrogens with one attached hydrogen (secondary N) is 1. The average Bonchev–Trinajstić information content (AvgIpc) is 2.43. The molecule has 106 valence electrons. The lowest BCUT2D eigenvalue weighted by Gasteiger charge is -2.14. The number of nitrogen functional groups attached to an aromatic ring is 1. The van der Waals surface area contributed by atoms with Crippen LogP contribution in [-0.4, -0.2) is 13.7 Å². The number of hydrogen-bond acceptors (Lipinski definition) is 4. The third-order valence-electron chi connectivity index (χ3n) is 2.75. The summed E-state index contributed by atoms with van der Waals surface area (Å²) in [7, 11) is 1.63. The largest absolute Gasteiger partial charge is 0.497 e. The maximum absolute atomic E-state index is 6.10. The minimum atomic E-state index is 0.582. The number of benzene rings is 2. The van der Waals surface area contributed by atoms with E-state index in [4.69, 9.17) is 15.2 Å². The molecule has 0 aromatic heterocycles. The minimum Gasteiger partial charge on any atom is -0.497 e. The lowest BCUT2D eigenvalue weighted by Crippen LogP contribution is -2.01. The van der Waals surface area contributed by atoms with Crippen molar-refractivity contribution in [1.82, 2.24) is 0 Å². The first-order valence-electron chi connectivity index (χ1n) is 6.27. The van der Waals surface area contributed by atoms with E-state index in [1.54, 1.807) is 7.11 Å². The second kappa shape index (κ2) is 6.52. The van der Waals surface area contributed by atoms with Crippen LogP contribution >= 0.6 is 15.9 Å². The maximum atomic E-state index is 6.10. The summed E-state index contributed by atoms with van der Waals surface area (Å²) >= 11 is 3.45. The van der Waals surface area contributed by atoms with Crippen LogP contribution in [0.1, 0.15) is 6.92 Å². The predicted octanol–water partition coefficient (Wildman–Crippen LogP) is 4.18. The van der Waals surface area contributed by atoms with Gasteiger partial charge in [-0.25, -0.2) is 0 Å². The van der Waals surface area contributed by atoms with Crippen molar-refractivity contribution in [2.75, 3.05) is 24.8 Å². The van der Waals surface area contributed by atoms with Crippen LogP contribution in [-0.2, 0) is 0 Å². The molecule has 0 aliphatic carbocycles. The Morgan fingerprint density at radius 2 is 2.05 bits per heavy atom. The van der Waals surface area contributed by atoms with E-state index in [9.17, 15) is 0 Å². The van der Waals surface area contributed by atoms with Crippen LogP contribution in [0.5, 0.6) is 11.5 Å². The molecule has 0 saturated carbocycles. The number of nitrogens with two attached hydrogens (primary N) is 1. The summed E-state index contributed by atoms with van der Waals surface area (Å²) in [6, 6.07) is 11.4. The highest BCUT2D eigenvalue weighted by Crippen LogP contribution is 2.33. The van der Waals surface area contributed by atoms with Crippen molar-refractivity contribution >= 4 is 33.0 Å². The van der Waals surface area contributed by atoms with Crippen molar-refractivity contribution in [2.45, 2.75) is 6.92 Å². The molecule has 0 heterocycles. The van der Waals surface area contributed by atoms with Crippen molar-refractivity contribution < 1.29 is 9.47 Å². The molecule has 2 aromatic carbocycles. The summed E-state index contributed by atoms with van der Waals surface area (Å²) in [5, 5.41) is 3.27. The highest BCUT2D eigenvalue weighted by molar-refractivity contribution is 9.10. The van der Waals surface area contributed by atoms with E-state index in [0.29, 0.717) is 18.0 Å². The monoisotopic (exact) mass is 336 g/mol. The molecule has 0 fully saturated rings. The Kier molecular flexibility index (Phi) is 4.74. The average molecular weight is 337 g/mol. The van der Waals surface area contributed by atoms with Gasteiger partial charge in [0.1, 0.15) is 11.5 Å². The number of ether oxygens (including phenoxy) is 2. The van der Waals surface area contributed by atoms with Crippen LogP contribution in [0.25, 0.3) is 0 Å². The molecule has 0 radical (unpaired) electrons. The number of hydrogen-bond donors (Lipinski definition) is 2. The summed E-state index contributed by atoms with van der Waals surface area (Å²) < 4.78 is 11.7. The van der Waals surface area contributed by atoms with Crippen LogP contribution < -0.4 is 20.5 Å². The first-order valence-corrected chi connectivity index (χ1v) is 7.06. The van der Waals surface area contributed by atoms with E-state index in [1.807, 2.05) is 43.3 Å². The molecule has 0 aliphatic rings. The Morgan fingerprint density at radius 1 is 1.25 bits per heavy atom. The maximum Gasteiger partial charge on any atom is 0.144 e. The third-order valence-corrected chi connectivity index (χ3v) is 3.21. The van der Waals surface area contributed by atoms with Crippen molar-refractivity contribution in [2.24, 2.45) is 0 Å². The summed E-state index contributed by atoms with van der Waals surface area (Å²) in [6.07, 6.45) is 0. The molecule has 0 saturated heterocycles. The fourth-order valence-electron chi connectivity index (χ4n) is 1.84. The van der Waals surface area contributed by atoms with Crippen LogP contribution in [0.3, 0.4) is 0 Å². The molecule has 0 amide bonds. The molecule has 3 N–H and O–H groups in total. The molecule has 5 heteroatoms. The van der Waals surface area contributed by atoms with Gasteiger partial charge in [0.05, 0.1) is 25.1 Å². The summed E-state index contributed by atoms with van der Waals surface area (Å²) in [4.78, 5) is 0. The topological polar surface area (TPSA) is 56.5 Å². The quantitative estimate of drug-likeness (QED) is 0.804. The molecular weight excluding hydrogens is 320 g/mol. The van der Waals surface area contributed by atoms with Crippen LogP contribution in [0.2, 0.25) is 0 Å². The van der Waals surface area contributed by atoms with Crippen LogP contribution in [0, 0.1) is 0 Å². The van der Waals surface area contributed by atoms with Gasteiger partial charge in [-0.3, -0.25) is 0 Å². The van der Waals surface area contributed by atoms with Gasteiger partial charge in [0.25, 0.3) is 0 Å². The van der Waals surface area contributed by atoms with Gasteiger partial charge in [-0.1, -0.05) is 22.0 Å². The Bertz CT molecular complexity index is 602. The van der Waals surface area contributed by atoms with Gasteiger partial charge < -0.3 is 20.5 Å². The zero-order valence-corrected chi connectivity index (χ0v) is 13.0. The SMILES string of the molecule is CCOc1cccc(Nc2cc(Br)cc(OC)c2)c1N. The lowest BCUT2D eigenvalue weighted by molar-refractivity contribution is 0.342. The van der Waals surface area contributed by atoms with Crippen LogP contribution in [0.4, 0.5) is 17.1 Å². The predicted molar refractivity (Wildman–Crippen MR) is 86.0 cm³/mol. The molecule has 4 nitrogen and oxygen atoms in total. The second-order valence-corrected chi connectivity index (χ2v) is 5.07. The molecule has 0 unspecified atom stereocenters. The van der Waals surface area contributed by atoms with Gasteiger partial charge in [-0.05, 0) is 31.2 Å². The highest BCUT2D eigenvalue weighted by atomic mass is 79.9. The van der Waals surface area contributed by atoms with Gasteiger partial charge in [0.15, 0.2) is 0 Å². The molecule has 20 heavy (non-hydrogen) atoms. The van der Waals surface area contributed by atoms with Gasteiger partial charge >= 0.3 is 0 Å². The number of anilines is 3. The normalized spacial score (nSPS) is 10.2. The number of para-hydroxylation sites is 1. The fourth-order valence-corrected chi connectivity index (χ4v) is 2.31. The molecule has 0 spiro atoms. The van der Waals surface area contributed by atoms with E-state index >= 15 is 0 Å². The standard InChI is InChI=1S/C15H17BrN2O2/c1-3-20-14-6-4-5-13(15(14)17)18-11-7-10(16)8-12(9-11)19-2/h4-9,18H,3,17H2,1-2H3. The molecular formula is C15H17BrN2O2. The first kappa shape index (κ1) is 14.5.